The maximum Gasteiger partial charge on any atom is 0.242 e. The van der Waals surface area contributed by atoms with Gasteiger partial charge in [0.1, 0.15) is 6.54 Å². The van der Waals surface area contributed by atoms with Crippen molar-refractivity contribution < 1.29 is 9.59 Å². The second kappa shape index (κ2) is 9.51. The van der Waals surface area contributed by atoms with Gasteiger partial charge >= 0.3 is 0 Å². The number of thiophene rings is 1. The predicted molar refractivity (Wildman–Crippen MR) is 109 cm³/mol. The molecule has 0 atom stereocenters. The first-order valence-corrected chi connectivity index (χ1v) is 10.3. The fraction of sp³-hybridized carbons (Fsp3) is 0.364. The summed E-state index contributed by atoms with van der Waals surface area (Å²) in [6, 6.07) is 14.0. The van der Waals surface area contributed by atoms with Gasteiger partial charge in [-0.15, -0.1) is 17.9 Å². The van der Waals surface area contributed by atoms with E-state index >= 15 is 0 Å². The number of carbonyl (C=O) groups is 2. The zero-order valence-electron chi connectivity index (χ0n) is 15.5. The Kier molecular flexibility index (Phi) is 6.82. The largest absolute Gasteiger partial charge is 0.332 e. The van der Waals surface area contributed by atoms with Gasteiger partial charge in [-0.25, -0.2) is 0 Å². The van der Waals surface area contributed by atoms with Crippen LogP contribution in [0.5, 0.6) is 0 Å². The minimum Gasteiger partial charge on any atom is -0.332 e. The smallest absolute Gasteiger partial charge is 0.242 e. The molecule has 5 heteroatoms. The third-order valence-electron chi connectivity index (χ3n) is 4.94. The standard InChI is InChI=1S/C22H26N2O2S/c1-2-13-23(22(26)19-10-6-11-19)17-21(25)24(16-20-12-7-14-27-20)15-18-8-4-3-5-9-18/h2-5,7-9,12,14,19H,1,6,10-11,13,15-17H2. The van der Waals surface area contributed by atoms with Crippen LogP contribution in [0.25, 0.3) is 0 Å². The Balaban J connectivity index is 1.71. The van der Waals surface area contributed by atoms with Crippen molar-refractivity contribution in [1.29, 1.82) is 0 Å². The van der Waals surface area contributed by atoms with Crippen molar-refractivity contribution in [1.82, 2.24) is 9.80 Å². The van der Waals surface area contributed by atoms with Crippen LogP contribution in [0.15, 0.2) is 60.5 Å². The summed E-state index contributed by atoms with van der Waals surface area (Å²) in [5.41, 5.74) is 1.09. The highest BCUT2D eigenvalue weighted by Gasteiger charge is 2.30. The van der Waals surface area contributed by atoms with Gasteiger partial charge in [-0.05, 0) is 29.9 Å². The summed E-state index contributed by atoms with van der Waals surface area (Å²) >= 11 is 1.64. The highest BCUT2D eigenvalue weighted by molar-refractivity contribution is 7.09. The van der Waals surface area contributed by atoms with Crippen LogP contribution in [-0.2, 0) is 22.7 Å². The molecule has 0 saturated heterocycles. The molecule has 0 unspecified atom stereocenters. The van der Waals surface area contributed by atoms with E-state index in [2.05, 4.69) is 6.58 Å². The fourth-order valence-corrected chi connectivity index (χ4v) is 3.91. The van der Waals surface area contributed by atoms with Crippen molar-refractivity contribution in [2.24, 2.45) is 5.92 Å². The molecule has 27 heavy (non-hydrogen) atoms. The van der Waals surface area contributed by atoms with Gasteiger partial charge < -0.3 is 9.80 Å². The summed E-state index contributed by atoms with van der Waals surface area (Å²) in [6.45, 7) is 5.38. The van der Waals surface area contributed by atoms with Gasteiger partial charge in [0.2, 0.25) is 11.8 Å². The third-order valence-corrected chi connectivity index (χ3v) is 5.80. The topological polar surface area (TPSA) is 40.6 Å². The van der Waals surface area contributed by atoms with Gasteiger partial charge in [-0.2, -0.15) is 0 Å². The van der Waals surface area contributed by atoms with E-state index in [-0.39, 0.29) is 24.3 Å². The molecule has 1 aromatic carbocycles. The number of benzene rings is 1. The summed E-state index contributed by atoms with van der Waals surface area (Å²) in [6.07, 6.45) is 4.67. The quantitative estimate of drug-likeness (QED) is 0.613. The van der Waals surface area contributed by atoms with E-state index in [1.807, 2.05) is 52.7 Å². The molecule has 0 N–H and O–H groups in total. The van der Waals surface area contributed by atoms with Crippen molar-refractivity contribution in [2.45, 2.75) is 32.4 Å². The predicted octanol–water partition coefficient (Wildman–Crippen LogP) is 4.09. The summed E-state index contributed by atoms with van der Waals surface area (Å²) in [5, 5.41) is 2.02. The molecule has 0 aliphatic heterocycles. The molecule has 0 spiro atoms. The van der Waals surface area contributed by atoms with Crippen molar-refractivity contribution in [3.8, 4) is 0 Å². The van der Waals surface area contributed by atoms with Gasteiger partial charge in [0.25, 0.3) is 0 Å². The van der Waals surface area contributed by atoms with Gasteiger partial charge in [0.15, 0.2) is 0 Å². The van der Waals surface area contributed by atoms with Gasteiger partial charge in [-0.1, -0.05) is 48.9 Å². The van der Waals surface area contributed by atoms with Crippen LogP contribution in [0.3, 0.4) is 0 Å². The van der Waals surface area contributed by atoms with E-state index < -0.39 is 0 Å². The lowest BCUT2D eigenvalue weighted by molar-refractivity contribution is -0.144. The van der Waals surface area contributed by atoms with E-state index in [4.69, 9.17) is 0 Å². The van der Waals surface area contributed by atoms with Crippen LogP contribution in [0, 0.1) is 5.92 Å². The van der Waals surface area contributed by atoms with E-state index in [0.29, 0.717) is 19.6 Å². The SMILES string of the molecule is C=CCN(CC(=O)N(Cc1ccccc1)Cc1cccs1)C(=O)C1CCC1. The van der Waals surface area contributed by atoms with Crippen LogP contribution in [0.1, 0.15) is 29.7 Å². The molecule has 1 heterocycles. The molecule has 1 aliphatic rings. The number of rotatable bonds is 9. The molecule has 1 fully saturated rings. The van der Waals surface area contributed by atoms with Crippen LogP contribution in [0.2, 0.25) is 0 Å². The summed E-state index contributed by atoms with van der Waals surface area (Å²) in [7, 11) is 0. The van der Waals surface area contributed by atoms with E-state index in [9.17, 15) is 9.59 Å². The van der Waals surface area contributed by atoms with Crippen LogP contribution in [0.4, 0.5) is 0 Å². The molecule has 4 nitrogen and oxygen atoms in total. The van der Waals surface area contributed by atoms with Gasteiger partial charge in [0, 0.05) is 23.9 Å². The molecular weight excluding hydrogens is 356 g/mol. The lowest BCUT2D eigenvalue weighted by atomic mass is 9.84. The number of nitrogens with zero attached hydrogens (tertiary/aromatic N) is 2. The van der Waals surface area contributed by atoms with Crippen molar-refractivity contribution in [2.75, 3.05) is 13.1 Å². The Morgan fingerprint density at radius 3 is 2.44 bits per heavy atom. The van der Waals surface area contributed by atoms with Crippen molar-refractivity contribution >= 4 is 23.2 Å². The normalized spacial score (nSPS) is 13.6. The molecule has 2 amide bonds. The molecule has 142 valence electrons. The molecule has 1 aliphatic carbocycles. The third kappa shape index (κ3) is 5.30. The first-order valence-electron chi connectivity index (χ1n) is 9.41. The molecule has 1 aromatic heterocycles. The first kappa shape index (κ1) is 19.4. The van der Waals surface area contributed by atoms with E-state index in [1.165, 1.54) is 0 Å². The fourth-order valence-electron chi connectivity index (χ4n) is 3.19. The molecule has 1 saturated carbocycles. The average Bonchev–Trinajstić information content (AvgIpc) is 3.13. The summed E-state index contributed by atoms with van der Waals surface area (Å²) in [5.74, 6) is 0.143. The minimum atomic E-state index is -0.0261. The Bertz CT molecular complexity index is 754. The number of hydrogen-bond acceptors (Lipinski definition) is 3. The average molecular weight is 383 g/mol. The van der Waals surface area contributed by atoms with E-state index in [0.717, 1.165) is 29.7 Å². The molecule has 0 bridgehead atoms. The molecule has 0 radical (unpaired) electrons. The zero-order chi connectivity index (χ0) is 19.1. The molecular formula is C22H26N2O2S. The lowest BCUT2D eigenvalue weighted by Gasteiger charge is -2.32. The maximum absolute atomic E-state index is 13.1. The van der Waals surface area contributed by atoms with Crippen LogP contribution < -0.4 is 0 Å². The highest BCUT2D eigenvalue weighted by atomic mass is 32.1. The van der Waals surface area contributed by atoms with Gasteiger partial charge in [0.05, 0.1) is 6.54 Å². The van der Waals surface area contributed by atoms with Gasteiger partial charge in [-0.3, -0.25) is 9.59 Å². The summed E-state index contributed by atoms with van der Waals surface area (Å²) < 4.78 is 0. The Morgan fingerprint density at radius 1 is 1.07 bits per heavy atom. The maximum atomic E-state index is 13.1. The van der Waals surface area contributed by atoms with Crippen LogP contribution >= 0.6 is 11.3 Å². The monoisotopic (exact) mass is 382 g/mol. The van der Waals surface area contributed by atoms with E-state index in [1.54, 1.807) is 22.3 Å². The highest BCUT2D eigenvalue weighted by Crippen LogP contribution is 2.28. The molecule has 3 rings (SSSR count). The van der Waals surface area contributed by atoms with Crippen molar-refractivity contribution in [3.63, 3.8) is 0 Å². The van der Waals surface area contributed by atoms with Crippen LogP contribution in [-0.4, -0.2) is 34.7 Å². The lowest BCUT2D eigenvalue weighted by Crippen LogP contribution is -2.45. The Labute approximate surface area is 165 Å². The molecule has 2 aromatic rings. The summed E-state index contributed by atoms with van der Waals surface area (Å²) in [4.78, 5) is 30.4. The van der Waals surface area contributed by atoms with Crippen molar-refractivity contribution in [3.05, 3.63) is 70.9 Å². The number of hydrogen-bond donors (Lipinski definition) is 0. The Morgan fingerprint density at radius 2 is 1.85 bits per heavy atom. The Hall–Kier alpha value is -2.40. The number of amides is 2. The number of carbonyl (C=O) groups excluding carboxylic acids is 2. The minimum absolute atomic E-state index is 0.0261. The first-order chi connectivity index (χ1) is 13.2. The second-order valence-corrected chi connectivity index (χ2v) is 7.98. The zero-order valence-corrected chi connectivity index (χ0v) is 16.4. The second-order valence-electron chi connectivity index (χ2n) is 6.95.